The molecule has 144 valence electrons. The van der Waals surface area contributed by atoms with Crippen molar-refractivity contribution in [3.05, 3.63) is 57.6 Å². The molecule has 0 fully saturated rings. The van der Waals surface area contributed by atoms with Gasteiger partial charge in [-0.15, -0.1) is 0 Å². The van der Waals surface area contributed by atoms with Crippen molar-refractivity contribution in [1.29, 1.82) is 0 Å². The predicted octanol–water partition coefficient (Wildman–Crippen LogP) is 3.60. The van der Waals surface area contributed by atoms with Crippen LogP contribution in [0.3, 0.4) is 0 Å². The van der Waals surface area contributed by atoms with Crippen molar-refractivity contribution in [3.8, 4) is 11.5 Å². The fraction of sp³-hybridized carbons (Fsp3) is 0.263. The molecule has 0 aliphatic rings. The number of aryl methyl sites for hydroxylation is 2. The Bertz CT molecular complexity index is 822. The molecule has 0 spiro atoms. The number of hydrogen-bond donors (Lipinski definition) is 2. The highest BCUT2D eigenvalue weighted by molar-refractivity contribution is 6.35. The van der Waals surface area contributed by atoms with E-state index in [0.717, 1.165) is 11.1 Å². The van der Waals surface area contributed by atoms with Crippen molar-refractivity contribution in [3.63, 3.8) is 0 Å². The van der Waals surface area contributed by atoms with Gasteiger partial charge in [0.2, 0.25) is 0 Å². The lowest BCUT2D eigenvalue weighted by atomic mass is 10.1. The number of ether oxygens (including phenoxy) is 2. The van der Waals surface area contributed by atoms with Gasteiger partial charge in [-0.25, -0.2) is 0 Å². The second-order valence-electron chi connectivity index (χ2n) is 5.88. The summed E-state index contributed by atoms with van der Waals surface area (Å²) in [7, 11) is 0. The largest absolute Gasteiger partial charge is 0.482 e. The van der Waals surface area contributed by atoms with E-state index < -0.39 is 17.9 Å². The predicted molar refractivity (Wildman–Crippen MR) is 104 cm³/mol. The van der Waals surface area contributed by atoms with Gasteiger partial charge in [0.25, 0.3) is 11.8 Å². The van der Waals surface area contributed by atoms with Gasteiger partial charge in [0, 0.05) is 5.02 Å². The molecule has 2 aromatic carbocycles. The highest BCUT2D eigenvalue weighted by Gasteiger charge is 2.17. The summed E-state index contributed by atoms with van der Waals surface area (Å²) in [5.74, 6) is -0.0781. The number of hydrazine groups is 1. The van der Waals surface area contributed by atoms with E-state index in [4.69, 9.17) is 32.7 Å². The van der Waals surface area contributed by atoms with Crippen LogP contribution in [0.25, 0.3) is 0 Å². The van der Waals surface area contributed by atoms with Crippen molar-refractivity contribution < 1.29 is 19.1 Å². The lowest BCUT2D eigenvalue weighted by Gasteiger charge is -2.18. The van der Waals surface area contributed by atoms with Gasteiger partial charge in [-0.3, -0.25) is 20.4 Å². The molecule has 1 atom stereocenters. The maximum atomic E-state index is 12.1. The molecule has 0 radical (unpaired) electrons. The third-order valence-electron chi connectivity index (χ3n) is 3.65. The molecule has 1 unspecified atom stereocenters. The summed E-state index contributed by atoms with van der Waals surface area (Å²) in [5, 5.41) is 0.747. The SMILES string of the molecule is Cc1cccc(C)c1OC(C)C(=O)NNC(=O)COc1ccc(Cl)cc1Cl. The zero-order valence-corrected chi connectivity index (χ0v) is 16.6. The Morgan fingerprint density at radius 3 is 2.37 bits per heavy atom. The van der Waals surface area contributed by atoms with Crippen LogP contribution in [0, 0.1) is 13.8 Å². The third kappa shape index (κ3) is 6.05. The molecule has 8 heteroatoms. The average molecular weight is 411 g/mol. The normalized spacial score (nSPS) is 11.4. The summed E-state index contributed by atoms with van der Waals surface area (Å²) in [6.45, 7) is 5.06. The van der Waals surface area contributed by atoms with Gasteiger partial charge < -0.3 is 9.47 Å². The van der Waals surface area contributed by atoms with E-state index in [1.54, 1.807) is 19.1 Å². The van der Waals surface area contributed by atoms with E-state index in [1.165, 1.54) is 6.07 Å². The Hall–Kier alpha value is -2.44. The molecule has 2 N–H and O–H groups in total. The van der Waals surface area contributed by atoms with Crippen molar-refractivity contribution in [2.24, 2.45) is 0 Å². The summed E-state index contributed by atoms with van der Waals surface area (Å²) in [6.07, 6.45) is -0.795. The van der Waals surface area contributed by atoms with E-state index >= 15 is 0 Å². The van der Waals surface area contributed by atoms with E-state index in [0.29, 0.717) is 16.5 Å². The molecule has 2 amide bonds. The Labute approximate surface area is 167 Å². The molecule has 0 aliphatic heterocycles. The summed E-state index contributed by atoms with van der Waals surface area (Å²) < 4.78 is 11.0. The molecule has 0 heterocycles. The summed E-state index contributed by atoms with van der Waals surface area (Å²) >= 11 is 11.7. The molecule has 0 saturated carbocycles. The molecular formula is C19H20Cl2N2O4. The number of rotatable bonds is 6. The van der Waals surface area contributed by atoms with Crippen molar-refractivity contribution >= 4 is 35.0 Å². The topological polar surface area (TPSA) is 76.7 Å². The maximum absolute atomic E-state index is 12.1. The number of hydrogen-bond acceptors (Lipinski definition) is 4. The van der Waals surface area contributed by atoms with Crippen LogP contribution in [0.4, 0.5) is 0 Å². The van der Waals surface area contributed by atoms with Crippen LogP contribution in [-0.4, -0.2) is 24.5 Å². The number of amides is 2. The van der Waals surface area contributed by atoms with Gasteiger partial charge in [0.05, 0.1) is 5.02 Å². The smallest absolute Gasteiger partial charge is 0.279 e. The van der Waals surface area contributed by atoms with E-state index in [1.807, 2.05) is 32.0 Å². The highest BCUT2D eigenvalue weighted by Crippen LogP contribution is 2.27. The van der Waals surface area contributed by atoms with Crippen molar-refractivity contribution in [2.45, 2.75) is 26.9 Å². The zero-order valence-electron chi connectivity index (χ0n) is 15.1. The lowest BCUT2D eigenvalue weighted by molar-refractivity contribution is -0.133. The quantitative estimate of drug-likeness (QED) is 0.713. The van der Waals surface area contributed by atoms with E-state index in [2.05, 4.69) is 10.9 Å². The third-order valence-corrected chi connectivity index (χ3v) is 4.18. The molecular weight excluding hydrogens is 391 g/mol. The zero-order chi connectivity index (χ0) is 20.0. The fourth-order valence-corrected chi connectivity index (χ4v) is 2.68. The lowest BCUT2D eigenvalue weighted by Crippen LogP contribution is -2.48. The number of nitrogens with one attached hydrogen (secondary N) is 2. The van der Waals surface area contributed by atoms with Crippen LogP contribution in [0.2, 0.25) is 10.0 Å². The molecule has 2 aromatic rings. The van der Waals surface area contributed by atoms with Gasteiger partial charge in [-0.1, -0.05) is 41.4 Å². The highest BCUT2D eigenvalue weighted by atomic mass is 35.5. The van der Waals surface area contributed by atoms with Crippen LogP contribution < -0.4 is 20.3 Å². The second-order valence-corrected chi connectivity index (χ2v) is 6.73. The number of halogens is 2. The number of benzene rings is 2. The van der Waals surface area contributed by atoms with E-state index in [-0.39, 0.29) is 11.6 Å². The summed E-state index contributed by atoms with van der Waals surface area (Å²) in [6, 6.07) is 10.4. The Morgan fingerprint density at radius 1 is 1.07 bits per heavy atom. The Balaban J connectivity index is 1.81. The van der Waals surface area contributed by atoms with E-state index in [9.17, 15) is 9.59 Å². The number of carbonyl (C=O) groups excluding carboxylic acids is 2. The first-order chi connectivity index (χ1) is 12.8. The number of para-hydroxylation sites is 1. The molecule has 0 aromatic heterocycles. The first kappa shape index (κ1) is 20.9. The average Bonchev–Trinajstić information content (AvgIpc) is 2.62. The summed E-state index contributed by atoms with van der Waals surface area (Å²) in [5.41, 5.74) is 6.42. The molecule has 0 saturated heterocycles. The minimum atomic E-state index is -0.795. The van der Waals surface area contributed by atoms with Crippen LogP contribution in [0.5, 0.6) is 11.5 Å². The maximum Gasteiger partial charge on any atom is 0.279 e. The van der Waals surface area contributed by atoms with Gasteiger partial charge >= 0.3 is 0 Å². The van der Waals surface area contributed by atoms with Gasteiger partial charge in [0.15, 0.2) is 12.7 Å². The monoisotopic (exact) mass is 410 g/mol. The van der Waals surface area contributed by atoms with Gasteiger partial charge in [-0.2, -0.15) is 0 Å². The standard InChI is InChI=1S/C19H20Cl2N2O4/c1-11-5-4-6-12(2)18(11)27-13(3)19(25)23-22-17(24)10-26-16-8-7-14(20)9-15(16)21/h4-9,13H,10H2,1-3H3,(H,22,24)(H,23,25). The molecule has 27 heavy (non-hydrogen) atoms. The van der Waals surface area contributed by atoms with Crippen LogP contribution in [0.1, 0.15) is 18.1 Å². The van der Waals surface area contributed by atoms with Crippen LogP contribution in [-0.2, 0) is 9.59 Å². The minimum absolute atomic E-state index is 0.287. The Kier molecular flexibility index (Phi) is 7.33. The van der Waals surface area contributed by atoms with Gasteiger partial charge in [-0.05, 0) is 50.1 Å². The number of carbonyl (C=O) groups is 2. The van der Waals surface area contributed by atoms with Crippen LogP contribution >= 0.6 is 23.2 Å². The van der Waals surface area contributed by atoms with Crippen molar-refractivity contribution in [1.82, 2.24) is 10.9 Å². The van der Waals surface area contributed by atoms with Gasteiger partial charge in [0.1, 0.15) is 11.5 Å². The molecule has 0 aliphatic carbocycles. The molecule has 0 bridgehead atoms. The fourth-order valence-electron chi connectivity index (χ4n) is 2.22. The Morgan fingerprint density at radius 2 is 1.74 bits per heavy atom. The molecule has 2 rings (SSSR count). The van der Waals surface area contributed by atoms with Crippen LogP contribution in [0.15, 0.2) is 36.4 Å². The first-order valence-electron chi connectivity index (χ1n) is 8.17. The summed E-state index contributed by atoms with van der Waals surface area (Å²) in [4.78, 5) is 23.9. The minimum Gasteiger partial charge on any atom is -0.482 e. The first-order valence-corrected chi connectivity index (χ1v) is 8.93. The second kappa shape index (κ2) is 9.48. The van der Waals surface area contributed by atoms with Crippen molar-refractivity contribution in [2.75, 3.05) is 6.61 Å². The molecule has 6 nitrogen and oxygen atoms in total.